The maximum atomic E-state index is 5.84. The number of pyridine rings is 1. The van der Waals surface area contributed by atoms with Crippen molar-refractivity contribution in [2.24, 2.45) is 0 Å². The van der Waals surface area contributed by atoms with E-state index in [9.17, 15) is 0 Å². The quantitative estimate of drug-likeness (QED) is 0.578. The van der Waals surface area contributed by atoms with Crippen LogP contribution < -0.4 is 9.47 Å². The zero-order chi connectivity index (χ0) is 18.8. The number of benzene rings is 2. The van der Waals surface area contributed by atoms with Crippen molar-refractivity contribution in [1.82, 2.24) is 4.98 Å². The summed E-state index contributed by atoms with van der Waals surface area (Å²) in [6.07, 6.45) is 8.89. The summed E-state index contributed by atoms with van der Waals surface area (Å²) >= 11 is 1.64. The molecule has 0 spiro atoms. The first-order valence-electron chi connectivity index (χ1n) is 8.84. The lowest BCUT2D eigenvalue weighted by atomic mass is 9.94. The Labute approximate surface area is 163 Å². The number of hydrogen-bond acceptors (Lipinski definition) is 4. The van der Waals surface area contributed by atoms with E-state index in [1.807, 2.05) is 24.4 Å². The van der Waals surface area contributed by atoms with Crippen molar-refractivity contribution in [3.8, 4) is 11.5 Å². The molecule has 0 amide bonds. The molecule has 3 nitrogen and oxygen atoms in total. The molecule has 1 aliphatic rings. The summed E-state index contributed by atoms with van der Waals surface area (Å²) in [5, 5.41) is 5.23. The Morgan fingerprint density at radius 1 is 1.00 bits per heavy atom. The summed E-state index contributed by atoms with van der Waals surface area (Å²) in [4.78, 5) is 4.65. The topological polar surface area (TPSA) is 31.4 Å². The second-order valence-corrected chi connectivity index (χ2v) is 7.33. The molecular formula is C23H21NO2S. The molecule has 136 valence electrons. The van der Waals surface area contributed by atoms with Crippen LogP contribution >= 0.6 is 11.8 Å². The first-order valence-corrected chi connectivity index (χ1v) is 9.72. The Balaban J connectivity index is 1.85. The highest BCUT2D eigenvalue weighted by atomic mass is 32.2. The van der Waals surface area contributed by atoms with Gasteiger partial charge in [-0.05, 0) is 29.5 Å². The molecule has 0 saturated carbocycles. The third kappa shape index (κ3) is 3.21. The maximum absolute atomic E-state index is 5.84. The Bertz CT molecular complexity index is 1070. The molecule has 0 saturated heterocycles. The van der Waals surface area contributed by atoms with E-state index < -0.39 is 0 Å². The number of hydrogen-bond donors (Lipinski definition) is 0. The van der Waals surface area contributed by atoms with E-state index in [1.165, 1.54) is 0 Å². The summed E-state index contributed by atoms with van der Waals surface area (Å²) in [7, 11) is 3.46. The van der Waals surface area contributed by atoms with Crippen LogP contribution in [0.25, 0.3) is 16.8 Å². The summed E-state index contributed by atoms with van der Waals surface area (Å²) in [6, 6.07) is 10.4. The van der Waals surface area contributed by atoms with Crippen LogP contribution in [0.1, 0.15) is 22.3 Å². The number of fused-ring (bicyclic) bond motifs is 2. The van der Waals surface area contributed by atoms with Gasteiger partial charge in [0.25, 0.3) is 0 Å². The molecule has 1 aliphatic heterocycles. The van der Waals surface area contributed by atoms with Gasteiger partial charge in [0.05, 0.1) is 14.2 Å². The zero-order valence-corrected chi connectivity index (χ0v) is 16.5. The van der Waals surface area contributed by atoms with Crippen molar-refractivity contribution in [2.75, 3.05) is 14.2 Å². The molecule has 3 aromatic rings. The van der Waals surface area contributed by atoms with Gasteiger partial charge in [-0.2, -0.15) is 0 Å². The van der Waals surface area contributed by atoms with Gasteiger partial charge in [0.1, 0.15) is 16.5 Å². The van der Waals surface area contributed by atoms with Crippen LogP contribution in [0.3, 0.4) is 0 Å². The number of allylic oxidation sites excluding steroid dienone is 2. The van der Waals surface area contributed by atoms with Crippen LogP contribution in [-0.4, -0.2) is 19.2 Å². The lowest BCUT2D eigenvalue weighted by molar-refractivity contribution is 0.404. The normalized spacial score (nSPS) is 12.7. The maximum Gasteiger partial charge on any atom is 0.130 e. The molecule has 0 unspecified atom stereocenters. The van der Waals surface area contributed by atoms with Crippen LogP contribution in [0.4, 0.5) is 0 Å². The number of aromatic nitrogens is 1. The van der Waals surface area contributed by atoms with E-state index in [1.54, 1.807) is 26.0 Å². The summed E-state index contributed by atoms with van der Waals surface area (Å²) in [5.74, 6) is 1.81. The molecule has 4 heteroatoms. The van der Waals surface area contributed by atoms with Gasteiger partial charge < -0.3 is 9.47 Å². The molecule has 0 atom stereocenters. The first kappa shape index (κ1) is 17.7. The van der Waals surface area contributed by atoms with E-state index in [4.69, 9.17) is 9.47 Å². The predicted molar refractivity (Wildman–Crippen MR) is 113 cm³/mol. The van der Waals surface area contributed by atoms with Crippen molar-refractivity contribution >= 4 is 28.6 Å². The third-order valence-corrected chi connectivity index (χ3v) is 5.71. The van der Waals surface area contributed by atoms with Crippen molar-refractivity contribution in [2.45, 2.75) is 18.4 Å². The minimum absolute atomic E-state index is 0.739. The van der Waals surface area contributed by atoms with Crippen LogP contribution in [0.2, 0.25) is 0 Å². The lowest BCUT2D eigenvalue weighted by Gasteiger charge is -2.19. The van der Waals surface area contributed by atoms with Gasteiger partial charge in [-0.15, -0.1) is 0 Å². The summed E-state index contributed by atoms with van der Waals surface area (Å²) < 4.78 is 11.6. The van der Waals surface area contributed by atoms with E-state index in [-0.39, 0.29) is 0 Å². The highest BCUT2D eigenvalue weighted by Crippen LogP contribution is 2.41. The van der Waals surface area contributed by atoms with Crippen LogP contribution in [0.15, 0.2) is 59.1 Å². The lowest BCUT2D eigenvalue weighted by Crippen LogP contribution is -2.02. The molecule has 27 heavy (non-hydrogen) atoms. The molecule has 2 aromatic carbocycles. The number of ether oxygens (including phenoxy) is 2. The van der Waals surface area contributed by atoms with Gasteiger partial charge in [-0.25, -0.2) is 4.98 Å². The fraction of sp³-hybridized carbons (Fsp3) is 0.174. The van der Waals surface area contributed by atoms with E-state index >= 15 is 0 Å². The SMILES string of the molecule is COc1c(C)c(Cc2cnc3c(c2)C=CC=CS3)c(OC)c2ccccc12. The molecule has 0 N–H and O–H groups in total. The van der Waals surface area contributed by atoms with Gasteiger partial charge in [-0.1, -0.05) is 54.3 Å². The van der Waals surface area contributed by atoms with Gasteiger partial charge in [0.15, 0.2) is 0 Å². The van der Waals surface area contributed by atoms with Crippen molar-refractivity contribution < 1.29 is 9.47 Å². The van der Waals surface area contributed by atoms with Gasteiger partial charge in [0.2, 0.25) is 0 Å². The number of methoxy groups -OCH3 is 2. The molecule has 0 radical (unpaired) electrons. The van der Waals surface area contributed by atoms with Crippen LogP contribution in [-0.2, 0) is 6.42 Å². The number of thioether (sulfide) groups is 1. The largest absolute Gasteiger partial charge is 0.496 e. The van der Waals surface area contributed by atoms with Crippen molar-refractivity contribution in [1.29, 1.82) is 0 Å². The monoisotopic (exact) mass is 375 g/mol. The Morgan fingerprint density at radius 3 is 2.48 bits per heavy atom. The Kier molecular flexibility index (Phi) is 4.90. The predicted octanol–water partition coefficient (Wildman–Crippen LogP) is 5.78. The summed E-state index contributed by atoms with van der Waals surface area (Å²) in [6.45, 7) is 2.10. The molecule has 0 fully saturated rings. The Hall–Kier alpha value is -2.72. The zero-order valence-electron chi connectivity index (χ0n) is 15.7. The van der Waals surface area contributed by atoms with E-state index in [2.05, 4.69) is 47.7 Å². The standard InChI is InChI=1S/C23H21NO2S/c1-15-20(13-16-12-17-8-6-7-11-27-23(17)24-14-16)22(26-3)19-10-5-4-9-18(19)21(15)25-2/h4-12,14H,13H2,1-3H3. The first-order chi connectivity index (χ1) is 13.2. The fourth-order valence-electron chi connectivity index (χ4n) is 3.60. The molecular weight excluding hydrogens is 354 g/mol. The highest BCUT2D eigenvalue weighted by Gasteiger charge is 2.18. The van der Waals surface area contributed by atoms with Crippen molar-refractivity contribution in [3.05, 3.63) is 76.3 Å². The van der Waals surface area contributed by atoms with Crippen molar-refractivity contribution in [3.63, 3.8) is 0 Å². The molecule has 0 bridgehead atoms. The molecule has 2 heterocycles. The molecule has 0 aliphatic carbocycles. The third-order valence-electron chi connectivity index (χ3n) is 4.85. The fourth-order valence-corrected chi connectivity index (χ4v) is 4.28. The minimum Gasteiger partial charge on any atom is -0.496 e. The molecule has 4 rings (SSSR count). The average molecular weight is 375 g/mol. The average Bonchev–Trinajstić information content (AvgIpc) is 2.94. The van der Waals surface area contributed by atoms with Gasteiger partial charge >= 0.3 is 0 Å². The second-order valence-electron chi connectivity index (χ2n) is 6.44. The Morgan fingerprint density at radius 2 is 1.74 bits per heavy atom. The number of rotatable bonds is 4. The van der Waals surface area contributed by atoms with E-state index in [0.717, 1.165) is 56.0 Å². The van der Waals surface area contributed by atoms with Gasteiger partial charge in [0, 0.05) is 34.5 Å². The molecule has 1 aromatic heterocycles. The second kappa shape index (κ2) is 7.49. The minimum atomic E-state index is 0.739. The van der Waals surface area contributed by atoms with Crippen LogP contribution in [0, 0.1) is 6.92 Å². The highest BCUT2D eigenvalue weighted by molar-refractivity contribution is 8.02. The summed E-state index contributed by atoms with van der Waals surface area (Å²) in [5.41, 5.74) is 4.54. The van der Waals surface area contributed by atoms with E-state index in [0.29, 0.717) is 0 Å². The van der Waals surface area contributed by atoms with Gasteiger partial charge in [-0.3, -0.25) is 0 Å². The smallest absolute Gasteiger partial charge is 0.130 e. The number of nitrogens with zero attached hydrogens (tertiary/aromatic N) is 1. The van der Waals surface area contributed by atoms with Crippen LogP contribution in [0.5, 0.6) is 11.5 Å².